The molecule has 0 bridgehead atoms. The van der Waals surface area contributed by atoms with Gasteiger partial charge in [-0.05, 0) is 36.5 Å². The normalized spacial score (nSPS) is 25.3. The maximum absolute atomic E-state index is 12.5. The van der Waals surface area contributed by atoms with Crippen molar-refractivity contribution < 1.29 is 9.90 Å². The van der Waals surface area contributed by atoms with E-state index in [1.54, 1.807) is 0 Å². The number of aliphatic hydroxyl groups excluding tert-OH is 1. The zero-order valence-corrected chi connectivity index (χ0v) is 15.2. The molecule has 1 aliphatic carbocycles. The summed E-state index contributed by atoms with van der Waals surface area (Å²) in [5.74, 6) is 1.56. The van der Waals surface area contributed by atoms with Crippen LogP contribution in [0.15, 0.2) is 30.3 Å². The molecule has 1 saturated carbocycles. The van der Waals surface area contributed by atoms with Gasteiger partial charge in [-0.15, -0.1) is 0 Å². The van der Waals surface area contributed by atoms with Crippen LogP contribution in [0.25, 0.3) is 0 Å². The Hall–Kier alpha value is -1.20. The predicted molar refractivity (Wildman–Crippen MR) is 99.4 cm³/mol. The van der Waals surface area contributed by atoms with Crippen LogP contribution in [0.1, 0.15) is 37.7 Å². The largest absolute Gasteiger partial charge is 0.396 e. The van der Waals surface area contributed by atoms with Gasteiger partial charge >= 0.3 is 6.03 Å². The zero-order valence-electron chi connectivity index (χ0n) is 14.4. The number of thioether (sulfide) groups is 1. The smallest absolute Gasteiger partial charge is 0.317 e. The van der Waals surface area contributed by atoms with Crippen molar-refractivity contribution in [1.29, 1.82) is 0 Å². The van der Waals surface area contributed by atoms with E-state index in [1.807, 2.05) is 34.9 Å². The minimum atomic E-state index is 0.0305. The average molecular weight is 349 g/mol. The van der Waals surface area contributed by atoms with Crippen molar-refractivity contribution in [3.63, 3.8) is 0 Å². The minimum Gasteiger partial charge on any atom is -0.396 e. The lowest BCUT2D eigenvalue weighted by molar-refractivity contribution is 0.114. The molecular formula is C19H28N2O2S. The van der Waals surface area contributed by atoms with Crippen LogP contribution < -0.4 is 5.32 Å². The van der Waals surface area contributed by atoms with Gasteiger partial charge in [-0.25, -0.2) is 4.79 Å². The molecule has 2 N–H and O–H groups in total. The molecule has 0 spiro atoms. The fourth-order valence-corrected chi connectivity index (χ4v) is 4.88. The number of hydrogen-bond donors (Lipinski definition) is 2. The molecule has 0 radical (unpaired) electrons. The number of urea groups is 1. The number of nitrogens with zero attached hydrogens (tertiary/aromatic N) is 1. The van der Waals surface area contributed by atoms with Gasteiger partial charge in [0.2, 0.25) is 0 Å². The second-order valence-corrected chi connectivity index (χ2v) is 8.70. The lowest BCUT2D eigenvalue weighted by Gasteiger charge is -2.38. The van der Waals surface area contributed by atoms with Crippen LogP contribution >= 0.6 is 11.8 Å². The molecule has 2 fully saturated rings. The van der Waals surface area contributed by atoms with Gasteiger partial charge in [0.15, 0.2) is 0 Å². The Morgan fingerprint density at radius 1 is 1.38 bits per heavy atom. The Balaban J connectivity index is 1.54. The molecule has 4 nitrogen and oxygen atoms in total. The van der Waals surface area contributed by atoms with E-state index in [0.29, 0.717) is 17.2 Å². The molecular weight excluding hydrogens is 320 g/mol. The van der Waals surface area contributed by atoms with E-state index in [0.717, 1.165) is 25.3 Å². The highest BCUT2D eigenvalue weighted by Gasteiger charge is 2.43. The summed E-state index contributed by atoms with van der Waals surface area (Å²) >= 11 is 1.96. The third-order valence-corrected chi connectivity index (χ3v) is 6.76. The molecule has 3 rings (SSSR count). The Morgan fingerprint density at radius 2 is 2.12 bits per heavy atom. The van der Waals surface area contributed by atoms with Gasteiger partial charge in [-0.2, -0.15) is 11.8 Å². The number of likely N-dealkylation sites (tertiary alicyclic amines) is 1. The van der Waals surface area contributed by atoms with Crippen molar-refractivity contribution >= 4 is 17.8 Å². The monoisotopic (exact) mass is 348 g/mol. The van der Waals surface area contributed by atoms with E-state index in [2.05, 4.69) is 24.4 Å². The average Bonchev–Trinajstić information content (AvgIpc) is 3.40. The highest BCUT2D eigenvalue weighted by Crippen LogP contribution is 2.47. The van der Waals surface area contributed by atoms with Crippen LogP contribution in [0.5, 0.6) is 0 Å². The molecule has 1 saturated heterocycles. The van der Waals surface area contributed by atoms with Crippen molar-refractivity contribution in [2.24, 2.45) is 5.92 Å². The second kappa shape index (κ2) is 7.79. The SMILES string of the molecule is CCSC1(CNC(=O)N2CC[C@H](c3ccccc3)[C@H](CO)C2)CC1. The summed E-state index contributed by atoms with van der Waals surface area (Å²) in [6.45, 7) is 4.46. The molecule has 1 aromatic rings. The molecule has 24 heavy (non-hydrogen) atoms. The van der Waals surface area contributed by atoms with Gasteiger partial charge in [0.1, 0.15) is 0 Å². The first-order valence-corrected chi connectivity index (χ1v) is 9.98. The Morgan fingerprint density at radius 3 is 2.75 bits per heavy atom. The Bertz CT molecular complexity index is 548. The molecule has 1 aliphatic heterocycles. The van der Waals surface area contributed by atoms with E-state index in [-0.39, 0.29) is 18.6 Å². The first kappa shape index (κ1) is 17.6. The number of amides is 2. The van der Waals surface area contributed by atoms with Gasteiger partial charge in [0.25, 0.3) is 0 Å². The van der Waals surface area contributed by atoms with Crippen LogP contribution in [0.4, 0.5) is 4.79 Å². The maximum Gasteiger partial charge on any atom is 0.317 e. The summed E-state index contributed by atoms with van der Waals surface area (Å²) in [4.78, 5) is 14.4. The Labute approximate surface area is 149 Å². The van der Waals surface area contributed by atoms with Crippen molar-refractivity contribution in [2.45, 2.75) is 36.9 Å². The van der Waals surface area contributed by atoms with Gasteiger partial charge in [0, 0.05) is 36.9 Å². The Kier molecular flexibility index (Phi) is 5.72. The summed E-state index contributed by atoms with van der Waals surface area (Å²) in [7, 11) is 0. The molecule has 132 valence electrons. The number of carbonyl (C=O) groups is 1. The summed E-state index contributed by atoms with van der Waals surface area (Å²) in [6.07, 6.45) is 3.33. The third kappa shape index (κ3) is 4.06. The summed E-state index contributed by atoms with van der Waals surface area (Å²) < 4.78 is 0.295. The molecule has 2 amide bonds. The molecule has 0 aromatic heterocycles. The van der Waals surface area contributed by atoms with Gasteiger partial charge in [0.05, 0.1) is 0 Å². The number of aliphatic hydroxyl groups is 1. The van der Waals surface area contributed by atoms with Crippen LogP contribution in [0.3, 0.4) is 0 Å². The maximum atomic E-state index is 12.5. The van der Waals surface area contributed by atoms with Crippen molar-refractivity contribution in [3.8, 4) is 0 Å². The number of piperidine rings is 1. The molecule has 0 unspecified atom stereocenters. The van der Waals surface area contributed by atoms with E-state index < -0.39 is 0 Å². The molecule has 5 heteroatoms. The fraction of sp³-hybridized carbons (Fsp3) is 0.632. The van der Waals surface area contributed by atoms with Gasteiger partial charge < -0.3 is 15.3 Å². The topological polar surface area (TPSA) is 52.6 Å². The van der Waals surface area contributed by atoms with E-state index in [1.165, 1.54) is 18.4 Å². The van der Waals surface area contributed by atoms with Crippen LogP contribution in [0, 0.1) is 5.92 Å². The highest BCUT2D eigenvalue weighted by molar-refractivity contribution is 8.00. The van der Waals surface area contributed by atoms with Crippen LogP contribution in [-0.4, -0.2) is 52.8 Å². The highest BCUT2D eigenvalue weighted by atomic mass is 32.2. The predicted octanol–water partition coefficient (Wildman–Crippen LogP) is 3.08. The number of nitrogens with one attached hydrogen (secondary N) is 1. The lowest BCUT2D eigenvalue weighted by atomic mass is 9.81. The molecule has 2 atom stereocenters. The summed E-state index contributed by atoms with van der Waals surface area (Å²) in [5, 5.41) is 12.9. The molecule has 1 aromatic carbocycles. The van der Waals surface area contributed by atoms with Crippen molar-refractivity contribution in [2.75, 3.05) is 32.0 Å². The fourth-order valence-electron chi connectivity index (χ4n) is 3.71. The van der Waals surface area contributed by atoms with Crippen molar-refractivity contribution in [3.05, 3.63) is 35.9 Å². The molecule has 1 heterocycles. The van der Waals surface area contributed by atoms with Crippen molar-refractivity contribution in [1.82, 2.24) is 10.2 Å². The van der Waals surface area contributed by atoms with Crippen LogP contribution in [0.2, 0.25) is 0 Å². The minimum absolute atomic E-state index is 0.0305. The summed E-state index contributed by atoms with van der Waals surface area (Å²) in [6, 6.07) is 10.4. The van der Waals surface area contributed by atoms with E-state index in [4.69, 9.17) is 0 Å². The summed E-state index contributed by atoms with van der Waals surface area (Å²) in [5.41, 5.74) is 1.27. The quantitative estimate of drug-likeness (QED) is 0.831. The number of benzene rings is 1. The number of hydrogen-bond acceptors (Lipinski definition) is 3. The van der Waals surface area contributed by atoms with E-state index in [9.17, 15) is 9.90 Å². The van der Waals surface area contributed by atoms with E-state index >= 15 is 0 Å². The zero-order chi connectivity index (χ0) is 17.0. The second-order valence-electron chi connectivity index (χ2n) is 6.97. The van der Waals surface area contributed by atoms with Gasteiger partial charge in [-0.1, -0.05) is 37.3 Å². The number of carbonyl (C=O) groups excluding carboxylic acids is 1. The first-order chi connectivity index (χ1) is 11.7. The standard InChI is InChI=1S/C19H28N2O2S/c1-2-24-19(9-10-19)14-20-18(23)21-11-8-17(16(12-21)13-22)15-6-4-3-5-7-15/h3-7,16-17,22H,2,8-14H2,1H3,(H,20,23)/t16-,17+/m0/s1. The van der Waals surface area contributed by atoms with Crippen LogP contribution in [-0.2, 0) is 0 Å². The van der Waals surface area contributed by atoms with Gasteiger partial charge in [-0.3, -0.25) is 0 Å². The lowest BCUT2D eigenvalue weighted by Crippen LogP contribution is -2.49. The first-order valence-electron chi connectivity index (χ1n) is 9.00. The third-order valence-electron chi connectivity index (χ3n) is 5.30. The number of rotatable bonds is 6. The molecule has 2 aliphatic rings.